The number of thiazole rings is 1. The molecule has 2 amide bonds. The Morgan fingerprint density at radius 2 is 2.14 bits per heavy atom. The van der Waals surface area contributed by atoms with E-state index in [2.05, 4.69) is 15.4 Å². The molecule has 9 heteroatoms. The van der Waals surface area contributed by atoms with E-state index in [0.717, 1.165) is 27.8 Å². The van der Waals surface area contributed by atoms with Crippen molar-refractivity contribution in [1.82, 2.24) is 10.5 Å². The number of rotatable bonds is 5. The Balaban J connectivity index is 1.68. The average molecular weight is 326 g/mol. The number of nitrogens with zero attached hydrogens (tertiary/aromatic N) is 2. The number of aromatic nitrogens is 1. The zero-order valence-corrected chi connectivity index (χ0v) is 12.8. The molecule has 0 aliphatic carbocycles. The summed E-state index contributed by atoms with van der Waals surface area (Å²) in [4.78, 5) is 35.2. The van der Waals surface area contributed by atoms with E-state index in [1.165, 1.54) is 24.2 Å². The molecule has 0 radical (unpaired) electrons. The number of primary amides is 1. The van der Waals surface area contributed by atoms with Crippen molar-refractivity contribution in [3.63, 3.8) is 0 Å². The van der Waals surface area contributed by atoms with Crippen molar-refractivity contribution in [2.24, 2.45) is 5.73 Å². The largest absolute Gasteiger partial charge is 0.368 e. The lowest BCUT2D eigenvalue weighted by molar-refractivity contribution is -0.124. The van der Waals surface area contributed by atoms with E-state index in [-0.39, 0.29) is 6.61 Å². The summed E-state index contributed by atoms with van der Waals surface area (Å²) in [7, 11) is 0. The molecule has 0 aromatic carbocycles. The summed E-state index contributed by atoms with van der Waals surface area (Å²) in [5, 5.41) is 1.02. The maximum Gasteiger partial charge on any atom is 0.285 e. The number of carbonyl (C=O) groups is 2. The molecule has 1 aliphatic rings. The first-order chi connectivity index (χ1) is 10.1. The van der Waals surface area contributed by atoms with Gasteiger partial charge in [-0.3, -0.25) is 14.4 Å². The van der Waals surface area contributed by atoms with E-state index in [9.17, 15) is 9.59 Å². The molecule has 0 atom stereocenters. The molecule has 112 valence electrons. The van der Waals surface area contributed by atoms with Gasteiger partial charge in [0.15, 0.2) is 11.7 Å². The van der Waals surface area contributed by atoms with Crippen LogP contribution in [-0.4, -0.2) is 36.5 Å². The molecule has 3 heterocycles. The monoisotopic (exact) mass is 326 g/mol. The van der Waals surface area contributed by atoms with Gasteiger partial charge in [-0.2, -0.15) is 0 Å². The summed E-state index contributed by atoms with van der Waals surface area (Å²) in [6.07, 6.45) is 2.41. The van der Waals surface area contributed by atoms with Crippen molar-refractivity contribution < 1.29 is 14.4 Å². The molecule has 0 bridgehead atoms. The Hall–Kier alpha value is -1.71. The van der Waals surface area contributed by atoms with Gasteiger partial charge in [0.25, 0.3) is 5.91 Å². The molecule has 3 N–H and O–H groups in total. The molecule has 1 fully saturated rings. The van der Waals surface area contributed by atoms with Crippen molar-refractivity contribution in [2.75, 3.05) is 24.6 Å². The maximum absolute atomic E-state index is 11.8. The molecule has 2 aromatic heterocycles. The lowest BCUT2D eigenvalue weighted by atomic mass is 10.4. The number of thiophene rings is 1. The van der Waals surface area contributed by atoms with Gasteiger partial charge in [0.2, 0.25) is 5.91 Å². The molecule has 0 saturated carbocycles. The number of hydrogen-bond acceptors (Lipinski definition) is 7. The van der Waals surface area contributed by atoms with E-state index < -0.39 is 11.8 Å². The topological polar surface area (TPSA) is 97.6 Å². The standard InChI is InChI=1S/C12H14N4O3S2/c13-9(17)6-19-15-10(18)7-5-8-11(20-7)14-12(21-8)16-3-1-2-4-16/h5H,1-4,6H2,(H2,13,17)(H,15,18). The quantitative estimate of drug-likeness (QED) is 0.802. The second-order valence-electron chi connectivity index (χ2n) is 4.66. The molecule has 2 aromatic rings. The van der Waals surface area contributed by atoms with Crippen molar-refractivity contribution in [3.05, 3.63) is 10.9 Å². The van der Waals surface area contributed by atoms with Gasteiger partial charge in [-0.1, -0.05) is 11.3 Å². The van der Waals surface area contributed by atoms with Crippen molar-refractivity contribution >= 4 is 49.1 Å². The number of anilines is 1. The Morgan fingerprint density at radius 3 is 2.81 bits per heavy atom. The van der Waals surface area contributed by atoms with Crippen LogP contribution in [0.3, 0.4) is 0 Å². The van der Waals surface area contributed by atoms with Gasteiger partial charge >= 0.3 is 0 Å². The lowest BCUT2D eigenvalue weighted by Crippen LogP contribution is -2.28. The Kier molecular flexibility index (Phi) is 4.04. The highest BCUT2D eigenvalue weighted by Gasteiger charge is 2.19. The molecule has 0 unspecified atom stereocenters. The van der Waals surface area contributed by atoms with Crippen LogP contribution < -0.4 is 16.1 Å². The number of nitrogens with two attached hydrogens (primary N) is 1. The van der Waals surface area contributed by atoms with Crippen LogP contribution in [0, 0.1) is 0 Å². The summed E-state index contributed by atoms with van der Waals surface area (Å²) >= 11 is 2.90. The predicted octanol–water partition coefficient (Wildman–Crippen LogP) is 1.10. The highest BCUT2D eigenvalue weighted by Crippen LogP contribution is 2.35. The molecule has 7 nitrogen and oxygen atoms in total. The minimum absolute atomic E-state index is 0.344. The minimum Gasteiger partial charge on any atom is -0.368 e. The van der Waals surface area contributed by atoms with Crippen LogP contribution in [0.2, 0.25) is 0 Å². The lowest BCUT2D eigenvalue weighted by Gasteiger charge is -2.11. The number of nitrogens with one attached hydrogen (secondary N) is 1. The fourth-order valence-electron chi connectivity index (χ4n) is 2.10. The van der Waals surface area contributed by atoms with Crippen LogP contribution in [0.1, 0.15) is 22.5 Å². The van der Waals surface area contributed by atoms with Crippen LogP contribution in [0.15, 0.2) is 6.07 Å². The van der Waals surface area contributed by atoms with E-state index in [1.807, 2.05) is 0 Å². The first-order valence-electron chi connectivity index (χ1n) is 6.49. The summed E-state index contributed by atoms with van der Waals surface area (Å²) in [6.45, 7) is 1.76. The van der Waals surface area contributed by atoms with E-state index in [0.29, 0.717) is 4.88 Å². The average Bonchev–Trinajstić information content (AvgIpc) is 3.12. The third-order valence-corrected chi connectivity index (χ3v) is 5.28. The molecular weight excluding hydrogens is 312 g/mol. The maximum atomic E-state index is 11.8. The molecule has 1 saturated heterocycles. The third-order valence-electron chi connectivity index (χ3n) is 3.06. The van der Waals surface area contributed by atoms with E-state index in [4.69, 9.17) is 10.6 Å². The second-order valence-corrected chi connectivity index (χ2v) is 6.70. The van der Waals surface area contributed by atoms with Crippen LogP contribution in [-0.2, 0) is 9.63 Å². The van der Waals surface area contributed by atoms with Gasteiger partial charge in [-0.15, -0.1) is 11.3 Å². The van der Waals surface area contributed by atoms with Crippen LogP contribution in [0.25, 0.3) is 9.53 Å². The summed E-state index contributed by atoms with van der Waals surface area (Å²) in [5.41, 5.74) is 7.10. The molecule has 21 heavy (non-hydrogen) atoms. The molecule has 0 spiro atoms. The smallest absolute Gasteiger partial charge is 0.285 e. The number of hydroxylamine groups is 1. The van der Waals surface area contributed by atoms with Gasteiger partial charge in [0, 0.05) is 13.1 Å². The first kappa shape index (κ1) is 14.2. The number of carbonyl (C=O) groups excluding carboxylic acids is 2. The minimum atomic E-state index is -0.639. The highest BCUT2D eigenvalue weighted by molar-refractivity contribution is 7.29. The Morgan fingerprint density at radius 1 is 1.38 bits per heavy atom. The number of hydrogen-bond donors (Lipinski definition) is 2. The second kappa shape index (κ2) is 5.96. The zero-order valence-electron chi connectivity index (χ0n) is 11.1. The SMILES string of the molecule is NC(=O)CONC(=O)c1cc2sc(N3CCCC3)nc2s1. The van der Waals surface area contributed by atoms with Crippen LogP contribution >= 0.6 is 22.7 Å². The molecular formula is C12H14N4O3S2. The summed E-state index contributed by atoms with van der Waals surface area (Å²) in [6, 6.07) is 1.79. The molecule has 3 rings (SSSR count). The van der Waals surface area contributed by atoms with Gasteiger partial charge in [0.1, 0.15) is 4.83 Å². The summed E-state index contributed by atoms with van der Waals surface area (Å²) < 4.78 is 0.988. The fourth-order valence-corrected chi connectivity index (χ4v) is 4.25. The van der Waals surface area contributed by atoms with E-state index >= 15 is 0 Å². The van der Waals surface area contributed by atoms with Gasteiger partial charge in [-0.05, 0) is 18.9 Å². The van der Waals surface area contributed by atoms with Crippen LogP contribution in [0.5, 0.6) is 0 Å². The molecule has 1 aliphatic heterocycles. The van der Waals surface area contributed by atoms with E-state index in [1.54, 1.807) is 17.4 Å². The fraction of sp³-hybridized carbons (Fsp3) is 0.417. The predicted molar refractivity (Wildman–Crippen MR) is 81.6 cm³/mol. The normalized spacial score (nSPS) is 14.8. The van der Waals surface area contributed by atoms with Crippen molar-refractivity contribution in [3.8, 4) is 0 Å². The zero-order chi connectivity index (χ0) is 14.8. The van der Waals surface area contributed by atoms with Crippen molar-refractivity contribution in [1.29, 1.82) is 0 Å². The first-order valence-corrected chi connectivity index (χ1v) is 8.12. The number of fused-ring (bicyclic) bond motifs is 1. The van der Waals surface area contributed by atoms with Crippen molar-refractivity contribution in [2.45, 2.75) is 12.8 Å². The third kappa shape index (κ3) is 3.14. The van der Waals surface area contributed by atoms with Gasteiger partial charge in [-0.25, -0.2) is 10.5 Å². The van der Waals surface area contributed by atoms with Crippen LogP contribution in [0.4, 0.5) is 5.13 Å². The van der Waals surface area contributed by atoms with Gasteiger partial charge < -0.3 is 10.6 Å². The Bertz CT molecular complexity index is 644. The number of amides is 2. The van der Waals surface area contributed by atoms with Gasteiger partial charge in [0.05, 0.1) is 9.58 Å². The Labute approximate surface area is 128 Å². The summed E-state index contributed by atoms with van der Waals surface area (Å²) in [5.74, 6) is -1.03. The highest BCUT2D eigenvalue weighted by atomic mass is 32.1.